The van der Waals surface area contributed by atoms with Gasteiger partial charge in [0.1, 0.15) is 28.2 Å². The number of ether oxygens (including phenoxy) is 1. The SMILES string of the molecule is Cc1cccnc1-c1nc2cc(Nc3cccc(N(C)C4CC(C)N(C5CCOCC5)C4)n3)ncc2s1. The third kappa shape index (κ3) is 5.03. The van der Waals surface area contributed by atoms with Crippen molar-refractivity contribution in [2.24, 2.45) is 0 Å². The van der Waals surface area contributed by atoms with Crippen molar-refractivity contribution in [3.05, 3.63) is 54.4 Å². The molecule has 4 aromatic rings. The lowest BCUT2D eigenvalue weighted by Gasteiger charge is -2.34. The molecule has 6 heterocycles. The molecule has 192 valence electrons. The Morgan fingerprint density at radius 3 is 2.78 bits per heavy atom. The van der Waals surface area contributed by atoms with Crippen LogP contribution in [0.15, 0.2) is 48.8 Å². The lowest BCUT2D eigenvalue weighted by molar-refractivity contribution is 0.0314. The summed E-state index contributed by atoms with van der Waals surface area (Å²) >= 11 is 1.61. The van der Waals surface area contributed by atoms with Gasteiger partial charge in [-0.2, -0.15) is 0 Å². The highest BCUT2D eigenvalue weighted by atomic mass is 32.1. The van der Waals surface area contributed by atoms with Crippen LogP contribution in [0.4, 0.5) is 17.5 Å². The number of likely N-dealkylation sites (tertiary alicyclic amines) is 1. The lowest BCUT2D eigenvalue weighted by Crippen LogP contribution is -2.43. The number of nitrogens with zero attached hydrogens (tertiary/aromatic N) is 6. The molecule has 0 aromatic carbocycles. The number of pyridine rings is 3. The van der Waals surface area contributed by atoms with Gasteiger partial charge in [-0.1, -0.05) is 12.1 Å². The summed E-state index contributed by atoms with van der Waals surface area (Å²) in [4.78, 5) is 23.9. The summed E-state index contributed by atoms with van der Waals surface area (Å²) in [6, 6.07) is 13.8. The van der Waals surface area contributed by atoms with Crippen LogP contribution >= 0.6 is 11.3 Å². The molecule has 0 amide bonds. The van der Waals surface area contributed by atoms with Crippen LogP contribution in [-0.4, -0.2) is 69.8 Å². The number of hydrogen-bond acceptors (Lipinski definition) is 9. The first-order valence-electron chi connectivity index (χ1n) is 13.0. The molecule has 9 heteroatoms. The first kappa shape index (κ1) is 24.2. The van der Waals surface area contributed by atoms with E-state index in [4.69, 9.17) is 14.7 Å². The molecule has 1 N–H and O–H groups in total. The minimum Gasteiger partial charge on any atom is -0.381 e. The van der Waals surface area contributed by atoms with Crippen molar-refractivity contribution in [3.63, 3.8) is 0 Å². The van der Waals surface area contributed by atoms with Crippen LogP contribution in [0.1, 0.15) is 31.7 Å². The van der Waals surface area contributed by atoms with Crippen molar-refractivity contribution < 1.29 is 4.74 Å². The molecule has 0 bridgehead atoms. The van der Waals surface area contributed by atoms with Crippen molar-refractivity contribution >= 4 is 39.0 Å². The zero-order valence-electron chi connectivity index (χ0n) is 21.6. The van der Waals surface area contributed by atoms with Crippen LogP contribution in [0.2, 0.25) is 0 Å². The number of hydrogen-bond donors (Lipinski definition) is 1. The quantitative estimate of drug-likeness (QED) is 0.372. The van der Waals surface area contributed by atoms with E-state index in [0.29, 0.717) is 18.1 Å². The Morgan fingerprint density at radius 2 is 1.95 bits per heavy atom. The van der Waals surface area contributed by atoms with Gasteiger partial charge < -0.3 is 15.0 Å². The number of nitrogens with one attached hydrogen (secondary N) is 1. The number of aromatic nitrogens is 4. The third-order valence-corrected chi connectivity index (χ3v) is 8.66. The minimum atomic E-state index is 0.443. The summed E-state index contributed by atoms with van der Waals surface area (Å²) in [6.45, 7) is 7.25. The molecule has 0 aliphatic carbocycles. The fourth-order valence-electron chi connectivity index (χ4n) is 5.55. The average molecular weight is 516 g/mol. The molecule has 37 heavy (non-hydrogen) atoms. The molecular weight excluding hydrogens is 482 g/mol. The zero-order valence-corrected chi connectivity index (χ0v) is 22.4. The van der Waals surface area contributed by atoms with E-state index in [1.165, 1.54) is 0 Å². The van der Waals surface area contributed by atoms with Gasteiger partial charge in [-0.15, -0.1) is 11.3 Å². The maximum absolute atomic E-state index is 5.58. The Balaban J connectivity index is 1.17. The van der Waals surface area contributed by atoms with Crippen LogP contribution in [0.3, 0.4) is 0 Å². The average Bonchev–Trinajstić information content (AvgIpc) is 3.52. The second kappa shape index (κ2) is 10.3. The molecule has 2 unspecified atom stereocenters. The fourth-order valence-corrected chi connectivity index (χ4v) is 6.53. The molecule has 8 nitrogen and oxygen atoms in total. The smallest absolute Gasteiger partial charge is 0.143 e. The molecule has 0 saturated carbocycles. The maximum atomic E-state index is 5.58. The normalized spacial score (nSPS) is 20.9. The summed E-state index contributed by atoms with van der Waals surface area (Å²) in [5, 5.41) is 4.30. The molecule has 0 radical (unpaired) electrons. The van der Waals surface area contributed by atoms with Crippen molar-refractivity contribution in [3.8, 4) is 10.7 Å². The van der Waals surface area contributed by atoms with Crippen molar-refractivity contribution in [1.82, 2.24) is 24.8 Å². The van der Waals surface area contributed by atoms with Gasteiger partial charge in [0, 0.05) is 63.4 Å². The van der Waals surface area contributed by atoms with E-state index in [0.717, 1.165) is 83.0 Å². The van der Waals surface area contributed by atoms with Gasteiger partial charge in [-0.05, 0) is 56.9 Å². The second-order valence-electron chi connectivity index (χ2n) is 10.1. The van der Waals surface area contributed by atoms with Crippen LogP contribution < -0.4 is 10.2 Å². The van der Waals surface area contributed by atoms with Crippen LogP contribution in [0.5, 0.6) is 0 Å². The number of thiazole rings is 1. The second-order valence-corrected chi connectivity index (χ2v) is 11.2. The maximum Gasteiger partial charge on any atom is 0.143 e. The van der Waals surface area contributed by atoms with Gasteiger partial charge in [0.05, 0.1) is 10.2 Å². The van der Waals surface area contributed by atoms with E-state index in [9.17, 15) is 0 Å². The van der Waals surface area contributed by atoms with Crippen LogP contribution in [0, 0.1) is 6.92 Å². The largest absolute Gasteiger partial charge is 0.381 e. The van der Waals surface area contributed by atoms with Gasteiger partial charge in [0.2, 0.25) is 0 Å². The summed E-state index contributed by atoms with van der Waals surface area (Å²) in [7, 11) is 2.16. The molecule has 2 atom stereocenters. The van der Waals surface area contributed by atoms with Crippen LogP contribution in [-0.2, 0) is 4.74 Å². The summed E-state index contributed by atoms with van der Waals surface area (Å²) in [5.74, 6) is 2.48. The molecule has 2 aliphatic rings. The van der Waals surface area contributed by atoms with E-state index in [2.05, 4.69) is 64.2 Å². The van der Waals surface area contributed by atoms with Gasteiger partial charge >= 0.3 is 0 Å². The monoisotopic (exact) mass is 515 g/mol. The highest BCUT2D eigenvalue weighted by Crippen LogP contribution is 2.32. The molecule has 2 fully saturated rings. The Bertz CT molecular complexity index is 1390. The zero-order chi connectivity index (χ0) is 25.4. The number of fused-ring (bicyclic) bond motifs is 1. The molecule has 6 rings (SSSR count). The Morgan fingerprint density at radius 1 is 1.08 bits per heavy atom. The molecule has 0 spiro atoms. The van der Waals surface area contributed by atoms with Gasteiger partial charge in [0.25, 0.3) is 0 Å². The van der Waals surface area contributed by atoms with E-state index in [-0.39, 0.29) is 0 Å². The van der Waals surface area contributed by atoms with E-state index < -0.39 is 0 Å². The predicted octanol–water partition coefficient (Wildman–Crippen LogP) is 5.28. The first-order chi connectivity index (χ1) is 18.0. The van der Waals surface area contributed by atoms with Crippen LogP contribution in [0.25, 0.3) is 20.9 Å². The topological polar surface area (TPSA) is 79.3 Å². The first-order valence-corrected chi connectivity index (χ1v) is 13.9. The van der Waals surface area contributed by atoms with E-state index >= 15 is 0 Å². The molecular formula is C28H33N7OS. The Hall–Kier alpha value is -3.14. The van der Waals surface area contributed by atoms with Gasteiger partial charge in [-0.3, -0.25) is 9.88 Å². The fraction of sp³-hybridized carbons (Fsp3) is 0.429. The summed E-state index contributed by atoms with van der Waals surface area (Å²) < 4.78 is 6.62. The molecule has 2 aliphatic heterocycles. The highest BCUT2D eigenvalue weighted by Gasteiger charge is 2.36. The van der Waals surface area contributed by atoms with E-state index in [1.807, 2.05) is 30.6 Å². The van der Waals surface area contributed by atoms with Gasteiger partial charge in [-0.25, -0.2) is 15.0 Å². The van der Waals surface area contributed by atoms with Crippen molar-refractivity contribution in [2.45, 2.75) is 51.2 Å². The Kier molecular flexibility index (Phi) is 6.75. The number of likely N-dealkylation sites (N-methyl/N-ethyl adjacent to an activating group) is 1. The highest BCUT2D eigenvalue weighted by molar-refractivity contribution is 7.21. The number of aryl methyl sites for hydroxylation is 1. The molecule has 4 aromatic heterocycles. The summed E-state index contributed by atoms with van der Waals surface area (Å²) in [5.41, 5.74) is 2.95. The van der Waals surface area contributed by atoms with Gasteiger partial charge in [0.15, 0.2) is 0 Å². The van der Waals surface area contributed by atoms with Crippen molar-refractivity contribution in [1.29, 1.82) is 0 Å². The number of anilines is 3. The minimum absolute atomic E-state index is 0.443. The van der Waals surface area contributed by atoms with E-state index in [1.54, 1.807) is 11.3 Å². The lowest BCUT2D eigenvalue weighted by atomic mass is 10.1. The summed E-state index contributed by atoms with van der Waals surface area (Å²) in [6.07, 6.45) is 7.10. The predicted molar refractivity (Wildman–Crippen MR) is 150 cm³/mol. The molecule has 2 saturated heterocycles. The Labute approximate surface area is 221 Å². The van der Waals surface area contributed by atoms with Crippen molar-refractivity contribution in [2.75, 3.05) is 37.0 Å². The number of rotatable bonds is 6. The third-order valence-electron chi connectivity index (χ3n) is 7.65. The standard InChI is InChI=1S/C28H33N7OS/c1-18-6-5-11-29-27(18)28-31-22-15-25(30-16-23(22)37-28)32-24-7-4-8-26(33-24)34(3)21-14-19(2)35(17-21)20-9-12-36-13-10-20/h4-8,11,15-16,19-21H,9-10,12-14,17H2,1-3H3,(H,30,32,33).